The fourth-order valence-corrected chi connectivity index (χ4v) is 4.25. The number of nitriles is 2. The predicted molar refractivity (Wildman–Crippen MR) is 134 cm³/mol. The van der Waals surface area contributed by atoms with Gasteiger partial charge in [-0.15, -0.1) is 0 Å². The van der Waals surface area contributed by atoms with Crippen molar-refractivity contribution in [3.05, 3.63) is 71.5 Å². The molecule has 2 aromatic carbocycles. The number of fused-ring (bicyclic) bond motifs is 2. The van der Waals surface area contributed by atoms with Gasteiger partial charge in [0.1, 0.15) is 29.3 Å². The number of anilines is 1. The highest BCUT2D eigenvalue weighted by molar-refractivity contribution is 5.99. The molecule has 0 saturated heterocycles. The Kier molecular flexibility index (Phi) is 5.61. The summed E-state index contributed by atoms with van der Waals surface area (Å²) in [5, 5.41) is 19.2. The number of nitrogens with zero attached hydrogens (tertiary/aromatic N) is 8. The van der Waals surface area contributed by atoms with E-state index < -0.39 is 0 Å². The largest absolute Gasteiger partial charge is 0.384 e. The molecular formula is C26H23N9. The van der Waals surface area contributed by atoms with E-state index in [-0.39, 0.29) is 11.4 Å². The molecule has 0 amide bonds. The van der Waals surface area contributed by atoms with Gasteiger partial charge in [-0.3, -0.25) is 0 Å². The van der Waals surface area contributed by atoms with Crippen LogP contribution < -0.4 is 5.73 Å². The molecule has 0 aliphatic rings. The lowest BCUT2D eigenvalue weighted by Crippen LogP contribution is -2.19. The minimum absolute atomic E-state index is 0.0204. The van der Waals surface area contributed by atoms with Crippen LogP contribution >= 0.6 is 0 Å². The highest BCUT2D eigenvalue weighted by atomic mass is 15.2. The number of benzene rings is 2. The first-order chi connectivity index (χ1) is 17.0. The second kappa shape index (κ2) is 8.90. The van der Waals surface area contributed by atoms with Gasteiger partial charge in [0.05, 0.1) is 16.6 Å². The van der Waals surface area contributed by atoms with Gasteiger partial charge in [-0.1, -0.05) is 42.5 Å². The van der Waals surface area contributed by atoms with Crippen molar-refractivity contribution in [3.8, 4) is 23.5 Å². The predicted octanol–water partition coefficient (Wildman–Crippen LogP) is 3.38. The van der Waals surface area contributed by atoms with Crippen LogP contribution in [-0.2, 0) is 13.1 Å². The van der Waals surface area contributed by atoms with E-state index in [4.69, 9.17) is 10.7 Å². The Bertz CT molecular complexity index is 1630. The second-order valence-corrected chi connectivity index (χ2v) is 8.53. The summed E-state index contributed by atoms with van der Waals surface area (Å²) in [6.07, 6.45) is 0. The van der Waals surface area contributed by atoms with Crippen LogP contribution in [0.1, 0.15) is 17.0 Å². The van der Waals surface area contributed by atoms with Gasteiger partial charge in [0.25, 0.3) is 0 Å². The molecule has 0 radical (unpaired) electrons. The summed E-state index contributed by atoms with van der Waals surface area (Å²) in [5.74, 6) is 1.09. The zero-order chi connectivity index (χ0) is 24.5. The molecule has 0 bridgehead atoms. The Balaban J connectivity index is 1.82. The number of likely N-dealkylation sites (N-methyl/N-ethyl adjacent to an activating group) is 1. The van der Waals surface area contributed by atoms with E-state index in [1.54, 1.807) is 0 Å². The minimum Gasteiger partial charge on any atom is -0.384 e. The first-order valence-corrected chi connectivity index (χ1v) is 11.2. The molecular weight excluding hydrogens is 438 g/mol. The fourth-order valence-electron chi connectivity index (χ4n) is 4.25. The van der Waals surface area contributed by atoms with Gasteiger partial charge in [-0.05, 0) is 31.8 Å². The molecule has 0 unspecified atom stereocenters. The lowest BCUT2D eigenvalue weighted by molar-refractivity contribution is 0.387. The van der Waals surface area contributed by atoms with Crippen LogP contribution in [0.25, 0.3) is 33.6 Å². The maximum atomic E-state index is 9.62. The van der Waals surface area contributed by atoms with Gasteiger partial charge in [0, 0.05) is 19.6 Å². The van der Waals surface area contributed by atoms with E-state index in [1.165, 1.54) is 0 Å². The number of rotatable bonds is 6. The molecule has 0 aliphatic heterocycles. The van der Waals surface area contributed by atoms with Crippen molar-refractivity contribution in [1.82, 2.24) is 29.0 Å². The summed E-state index contributed by atoms with van der Waals surface area (Å²) < 4.78 is 3.96. The van der Waals surface area contributed by atoms with Crippen molar-refractivity contribution in [2.45, 2.75) is 13.1 Å². The van der Waals surface area contributed by atoms with Gasteiger partial charge in [-0.25, -0.2) is 15.0 Å². The van der Waals surface area contributed by atoms with Gasteiger partial charge in [0.15, 0.2) is 17.0 Å². The average Bonchev–Trinajstić information content (AvgIpc) is 3.35. The van der Waals surface area contributed by atoms with Gasteiger partial charge in [0.2, 0.25) is 0 Å². The molecule has 0 atom stereocenters. The Labute approximate surface area is 202 Å². The summed E-state index contributed by atoms with van der Waals surface area (Å²) in [5.41, 5.74) is 11.1. The lowest BCUT2D eigenvalue weighted by Gasteiger charge is -2.13. The highest BCUT2D eigenvalue weighted by Crippen LogP contribution is 2.37. The Morgan fingerprint density at radius 1 is 0.886 bits per heavy atom. The van der Waals surface area contributed by atoms with Crippen molar-refractivity contribution in [2.24, 2.45) is 0 Å². The molecule has 172 valence electrons. The molecule has 5 aromatic rings. The molecule has 35 heavy (non-hydrogen) atoms. The number of aromatic nitrogens is 5. The first-order valence-electron chi connectivity index (χ1n) is 11.2. The smallest absolute Gasteiger partial charge is 0.179 e. The van der Waals surface area contributed by atoms with Crippen LogP contribution in [0.3, 0.4) is 0 Å². The zero-order valence-corrected chi connectivity index (χ0v) is 19.5. The maximum absolute atomic E-state index is 9.62. The van der Waals surface area contributed by atoms with E-state index in [0.29, 0.717) is 48.0 Å². The number of hydrogen-bond acceptors (Lipinski definition) is 7. The van der Waals surface area contributed by atoms with Crippen LogP contribution in [0, 0.1) is 22.7 Å². The first kappa shape index (κ1) is 22.1. The molecule has 0 fully saturated rings. The van der Waals surface area contributed by atoms with Crippen LogP contribution in [-0.4, -0.2) is 49.6 Å². The number of hydrogen-bond donors (Lipinski definition) is 1. The molecule has 9 nitrogen and oxygen atoms in total. The van der Waals surface area contributed by atoms with Crippen molar-refractivity contribution < 1.29 is 0 Å². The van der Waals surface area contributed by atoms with Crippen LogP contribution in [0.2, 0.25) is 0 Å². The van der Waals surface area contributed by atoms with Crippen LogP contribution in [0.5, 0.6) is 0 Å². The zero-order valence-electron chi connectivity index (χ0n) is 19.5. The fraction of sp³-hybridized carbons (Fsp3) is 0.192. The van der Waals surface area contributed by atoms with E-state index in [1.807, 2.05) is 78.2 Å². The minimum atomic E-state index is -0.0308. The number of para-hydroxylation sites is 2. The van der Waals surface area contributed by atoms with E-state index in [2.05, 4.69) is 26.7 Å². The average molecular weight is 462 g/mol. The Morgan fingerprint density at radius 2 is 1.57 bits per heavy atom. The Morgan fingerprint density at radius 3 is 2.29 bits per heavy atom. The number of imidazole rings is 1. The normalized spacial score (nSPS) is 11.2. The SMILES string of the molecule is CN(C)CCn1c(N)c(-c2nc3ccccc3n2Cc2ccccc2)c2nc(C#N)c(C#N)nc21. The summed E-state index contributed by atoms with van der Waals surface area (Å²) in [6.45, 7) is 1.83. The van der Waals surface area contributed by atoms with E-state index in [0.717, 1.165) is 16.6 Å². The van der Waals surface area contributed by atoms with Crippen molar-refractivity contribution in [2.75, 3.05) is 26.4 Å². The molecule has 0 saturated carbocycles. The summed E-state index contributed by atoms with van der Waals surface area (Å²) in [4.78, 5) is 16.0. The monoisotopic (exact) mass is 461 g/mol. The topological polar surface area (TPSA) is 125 Å². The summed E-state index contributed by atoms with van der Waals surface area (Å²) in [7, 11) is 3.95. The molecule has 9 heteroatoms. The van der Waals surface area contributed by atoms with E-state index >= 15 is 0 Å². The maximum Gasteiger partial charge on any atom is 0.179 e. The molecule has 3 heterocycles. The third-order valence-corrected chi connectivity index (χ3v) is 5.96. The second-order valence-electron chi connectivity index (χ2n) is 8.53. The molecule has 0 spiro atoms. The van der Waals surface area contributed by atoms with Crippen molar-refractivity contribution >= 4 is 28.0 Å². The van der Waals surface area contributed by atoms with Crippen LogP contribution in [0.4, 0.5) is 5.82 Å². The van der Waals surface area contributed by atoms with Crippen molar-refractivity contribution in [3.63, 3.8) is 0 Å². The molecule has 0 aliphatic carbocycles. The molecule has 3 aromatic heterocycles. The number of nitrogen functional groups attached to an aromatic ring is 1. The van der Waals surface area contributed by atoms with Gasteiger partial charge < -0.3 is 19.8 Å². The van der Waals surface area contributed by atoms with Crippen LogP contribution in [0.15, 0.2) is 54.6 Å². The van der Waals surface area contributed by atoms with Crippen molar-refractivity contribution in [1.29, 1.82) is 10.5 Å². The third kappa shape index (κ3) is 3.84. The van der Waals surface area contributed by atoms with E-state index in [9.17, 15) is 10.5 Å². The molecule has 5 rings (SSSR count). The molecule has 2 N–H and O–H groups in total. The third-order valence-electron chi connectivity index (χ3n) is 5.96. The van der Waals surface area contributed by atoms with Gasteiger partial charge >= 0.3 is 0 Å². The lowest BCUT2D eigenvalue weighted by atomic mass is 10.2. The van der Waals surface area contributed by atoms with Gasteiger partial charge in [-0.2, -0.15) is 10.5 Å². The summed E-state index contributed by atoms with van der Waals surface area (Å²) >= 11 is 0. The standard InChI is InChI=1S/C26H23N9/c1-33(2)12-13-34-24(29)22(23-26(34)32-20(15-28)19(14-27)30-23)25-31-18-10-6-7-11-21(18)35(25)16-17-8-4-3-5-9-17/h3-11H,12-13,16,29H2,1-2H3. The highest BCUT2D eigenvalue weighted by Gasteiger charge is 2.26. The summed E-state index contributed by atoms with van der Waals surface area (Å²) in [6, 6.07) is 22.0. The Hall–Kier alpha value is -4.73. The quantitative estimate of drug-likeness (QED) is 0.411. The number of nitrogens with two attached hydrogens (primary N) is 1.